The second kappa shape index (κ2) is 11.1. The van der Waals surface area contributed by atoms with Gasteiger partial charge >= 0.3 is 0 Å². The molecule has 1 aromatic heterocycles. The van der Waals surface area contributed by atoms with E-state index >= 15 is 0 Å². The van der Waals surface area contributed by atoms with Crippen molar-refractivity contribution in [3.63, 3.8) is 0 Å². The van der Waals surface area contributed by atoms with E-state index in [9.17, 15) is 13.8 Å². The third kappa shape index (κ3) is 7.11. The Labute approximate surface area is 183 Å². The van der Waals surface area contributed by atoms with Crippen LogP contribution in [0.2, 0.25) is 0 Å². The second-order valence-electron chi connectivity index (χ2n) is 6.88. The van der Waals surface area contributed by atoms with E-state index in [1.165, 1.54) is 12.3 Å². The molecule has 3 aromatic rings. The van der Waals surface area contributed by atoms with Gasteiger partial charge in [-0.25, -0.2) is 0 Å². The molecule has 0 saturated carbocycles. The Balaban J connectivity index is 1.49. The van der Waals surface area contributed by atoms with Gasteiger partial charge in [0.25, 0.3) is 0 Å². The number of rotatable bonds is 10. The molecule has 0 spiro atoms. The zero-order valence-electron chi connectivity index (χ0n) is 17.2. The number of H-pyrrole nitrogens is 1. The standard InChI is InChI=1S/C23H25N3O4S/c1-2-12-30-22-14-24-20(13-21(22)27)15-31(29)16-23(28)26-19-10-8-18(9-11-19)25-17-6-4-3-5-7-17/h3-11,13-14,25H,2,12,15-16H2,1H3,(H,24,27)(H,26,28). The number of para-hydroxylation sites is 1. The SMILES string of the molecule is CCCOc1c[nH]c(CS(=O)CC(=O)Nc2ccc(Nc3ccccc3)cc2)cc1=O. The molecule has 3 rings (SSSR count). The number of aromatic nitrogens is 1. The minimum atomic E-state index is -1.46. The highest BCUT2D eigenvalue weighted by Crippen LogP contribution is 2.18. The van der Waals surface area contributed by atoms with Crippen LogP contribution in [0.1, 0.15) is 19.0 Å². The van der Waals surface area contributed by atoms with Crippen LogP contribution in [0, 0.1) is 0 Å². The highest BCUT2D eigenvalue weighted by Gasteiger charge is 2.11. The second-order valence-corrected chi connectivity index (χ2v) is 8.34. The summed E-state index contributed by atoms with van der Waals surface area (Å²) in [6, 6.07) is 18.4. The summed E-state index contributed by atoms with van der Waals surface area (Å²) in [5, 5.41) is 6.01. The third-order valence-electron chi connectivity index (χ3n) is 4.24. The molecule has 162 valence electrons. The van der Waals surface area contributed by atoms with Gasteiger partial charge in [0.05, 0.1) is 12.4 Å². The zero-order chi connectivity index (χ0) is 22.1. The summed E-state index contributed by atoms with van der Waals surface area (Å²) in [5.41, 5.74) is 2.70. The third-order valence-corrected chi connectivity index (χ3v) is 5.46. The Morgan fingerprint density at radius 3 is 2.39 bits per heavy atom. The Bertz CT molecular complexity index is 1080. The molecule has 0 aliphatic carbocycles. The number of benzene rings is 2. The van der Waals surface area contributed by atoms with Crippen LogP contribution in [-0.2, 0) is 21.3 Å². The molecule has 2 aromatic carbocycles. The van der Waals surface area contributed by atoms with Gasteiger partial charge in [-0.05, 0) is 42.8 Å². The smallest absolute Gasteiger partial charge is 0.237 e. The number of aromatic amines is 1. The first-order valence-corrected chi connectivity index (χ1v) is 11.4. The van der Waals surface area contributed by atoms with E-state index in [1.54, 1.807) is 12.1 Å². The van der Waals surface area contributed by atoms with Crippen LogP contribution in [0.4, 0.5) is 17.1 Å². The fraction of sp³-hybridized carbons (Fsp3) is 0.217. The summed E-state index contributed by atoms with van der Waals surface area (Å²) in [4.78, 5) is 27.1. The average Bonchev–Trinajstić information content (AvgIpc) is 2.75. The minimum Gasteiger partial charge on any atom is -0.488 e. The van der Waals surface area contributed by atoms with Gasteiger partial charge in [-0.1, -0.05) is 25.1 Å². The number of ether oxygens (including phenoxy) is 1. The molecule has 7 nitrogen and oxygen atoms in total. The Hall–Kier alpha value is -3.39. The fourth-order valence-corrected chi connectivity index (χ4v) is 3.78. The molecule has 8 heteroatoms. The molecule has 1 atom stereocenters. The quantitative estimate of drug-likeness (QED) is 0.446. The van der Waals surface area contributed by atoms with Gasteiger partial charge in [0.15, 0.2) is 5.75 Å². The number of carbonyl (C=O) groups is 1. The van der Waals surface area contributed by atoms with Crippen molar-refractivity contribution in [1.82, 2.24) is 4.98 Å². The van der Waals surface area contributed by atoms with Gasteiger partial charge in [-0.15, -0.1) is 0 Å². The summed E-state index contributed by atoms with van der Waals surface area (Å²) in [6.45, 7) is 2.41. The summed E-state index contributed by atoms with van der Waals surface area (Å²) in [5.74, 6) is -0.205. The van der Waals surface area contributed by atoms with E-state index in [1.807, 2.05) is 49.4 Å². The molecule has 31 heavy (non-hydrogen) atoms. The molecule has 0 aliphatic rings. The number of anilines is 3. The lowest BCUT2D eigenvalue weighted by Crippen LogP contribution is -2.21. The van der Waals surface area contributed by atoms with Crippen LogP contribution < -0.4 is 20.8 Å². The fourth-order valence-electron chi connectivity index (χ4n) is 2.80. The molecular formula is C23H25N3O4S. The predicted molar refractivity (Wildman–Crippen MR) is 124 cm³/mol. The van der Waals surface area contributed by atoms with Gasteiger partial charge in [-0.2, -0.15) is 0 Å². The minimum absolute atomic E-state index is 0.0800. The number of pyridine rings is 1. The van der Waals surface area contributed by atoms with E-state index in [0.717, 1.165) is 17.8 Å². The van der Waals surface area contributed by atoms with Crippen molar-refractivity contribution in [2.24, 2.45) is 0 Å². The van der Waals surface area contributed by atoms with Crippen LogP contribution in [0.15, 0.2) is 71.7 Å². The van der Waals surface area contributed by atoms with Gasteiger partial charge in [0.1, 0.15) is 5.75 Å². The number of hydrogen-bond donors (Lipinski definition) is 3. The maximum atomic E-state index is 12.3. The molecule has 0 radical (unpaired) electrons. The lowest BCUT2D eigenvalue weighted by atomic mass is 10.2. The van der Waals surface area contributed by atoms with Crippen molar-refractivity contribution in [3.8, 4) is 5.75 Å². The lowest BCUT2D eigenvalue weighted by Gasteiger charge is -2.09. The number of hydrogen-bond acceptors (Lipinski definition) is 5. The van der Waals surface area contributed by atoms with Crippen molar-refractivity contribution in [3.05, 3.63) is 82.8 Å². The highest BCUT2D eigenvalue weighted by molar-refractivity contribution is 7.84. The topological polar surface area (TPSA) is 100 Å². The molecule has 0 fully saturated rings. The summed E-state index contributed by atoms with van der Waals surface area (Å²) < 4.78 is 17.7. The molecule has 1 amide bonds. The summed E-state index contributed by atoms with van der Waals surface area (Å²) in [7, 11) is -1.46. The van der Waals surface area contributed by atoms with Crippen molar-refractivity contribution < 1.29 is 13.7 Å². The average molecular weight is 440 g/mol. The molecule has 1 unspecified atom stereocenters. The van der Waals surface area contributed by atoms with E-state index in [-0.39, 0.29) is 28.6 Å². The summed E-state index contributed by atoms with van der Waals surface area (Å²) >= 11 is 0. The highest BCUT2D eigenvalue weighted by atomic mass is 32.2. The van der Waals surface area contributed by atoms with Crippen LogP contribution in [0.25, 0.3) is 0 Å². The van der Waals surface area contributed by atoms with Crippen molar-refractivity contribution in [1.29, 1.82) is 0 Å². The summed E-state index contributed by atoms with van der Waals surface area (Å²) in [6.07, 6.45) is 2.27. The number of carbonyl (C=O) groups excluding carboxylic acids is 1. The Morgan fingerprint density at radius 2 is 1.71 bits per heavy atom. The van der Waals surface area contributed by atoms with Crippen molar-refractivity contribution >= 4 is 33.8 Å². The normalized spacial score (nSPS) is 11.5. The Kier molecular flexibility index (Phi) is 8.00. The molecule has 3 N–H and O–H groups in total. The van der Waals surface area contributed by atoms with Crippen molar-refractivity contribution in [2.75, 3.05) is 23.0 Å². The maximum absolute atomic E-state index is 12.3. The van der Waals surface area contributed by atoms with E-state index < -0.39 is 10.8 Å². The van der Waals surface area contributed by atoms with Crippen LogP contribution in [0.3, 0.4) is 0 Å². The molecular weight excluding hydrogens is 414 g/mol. The lowest BCUT2D eigenvalue weighted by molar-refractivity contribution is -0.113. The van der Waals surface area contributed by atoms with E-state index in [4.69, 9.17) is 4.74 Å². The largest absolute Gasteiger partial charge is 0.488 e. The van der Waals surface area contributed by atoms with Gasteiger partial charge in [0.2, 0.25) is 11.3 Å². The van der Waals surface area contributed by atoms with Gasteiger partial charge in [-0.3, -0.25) is 13.8 Å². The van der Waals surface area contributed by atoms with Crippen LogP contribution >= 0.6 is 0 Å². The predicted octanol–water partition coefficient (Wildman–Crippen LogP) is 3.79. The zero-order valence-corrected chi connectivity index (χ0v) is 18.0. The molecule has 1 heterocycles. The van der Waals surface area contributed by atoms with Crippen LogP contribution in [-0.4, -0.2) is 27.5 Å². The first-order chi connectivity index (χ1) is 15.0. The van der Waals surface area contributed by atoms with E-state index in [2.05, 4.69) is 15.6 Å². The Morgan fingerprint density at radius 1 is 1.03 bits per heavy atom. The van der Waals surface area contributed by atoms with Crippen LogP contribution in [0.5, 0.6) is 5.75 Å². The number of amides is 1. The van der Waals surface area contributed by atoms with Gasteiger partial charge < -0.3 is 20.4 Å². The first-order valence-electron chi connectivity index (χ1n) is 9.95. The molecule has 0 bridgehead atoms. The molecule has 0 saturated heterocycles. The monoisotopic (exact) mass is 439 g/mol. The number of nitrogens with one attached hydrogen (secondary N) is 3. The first kappa shape index (κ1) is 22.3. The molecule has 0 aliphatic heterocycles. The van der Waals surface area contributed by atoms with Gasteiger partial charge in [0, 0.05) is 45.8 Å². The maximum Gasteiger partial charge on any atom is 0.237 e. The van der Waals surface area contributed by atoms with E-state index in [0.29, 0.717) is 18.0 Å². The van der Waals surface area contributed by atoms with Crippen molar-refractivity contribution in [2.45, 2.75) is 19.1 Å².